The van der Waals surface area contributed by atoms with Gasteiger partial charge >= 0.3 is 0 Å². The standard InChI is InChI=1S/C9H16O/c1-2-4-8-6-7-9(10-8)5-3-1/h8-9H,1-7H2. The van der Waals surface area contributed by atoms with Crippen LogP contribution in [0, 0.1) is 0 Å². The van der Waals surface area contributed by atoms with Crippen LogP contribution in [0.3, 0.4) is 0 Å². The van der Waals surface area contributed by atoms with E-state index in [0.717, 1.165) is 0 Å². The molecule has 0 aromatic carbocycles. The van der Waals surface area contributed by atoms with Crippen molar-refractivity contribution in [2.75, 3.05) is 0 Å². The summed E-state index contributed by atoms with van der Waals surface area (Å²) in [5.41, 5.74) is 0. The SMILES string of the molecule is C1CCC2CCC(CC1)O2. The van der Waals surface area contributed by atoms with Crippen molar-refractivity contribution >= 4 is 0 Å². The molecular formula is C9H16O. The summed E-state index contributed by atoms with van der Waals surface area (Å²) in [4.78, 5) is 0. The molecule has 10 heavy (non-hydrogen) atoms. The van der Waals surface area contributed by atoms with E-state index in [4.69, 9.17) is 4.74 Å². The number of rotatable bonds is 0. The first-order valence-electron chi connectivity index (χ1n) is 4.60. The number of hydrogen-bond acceptors (Lipinski definition) is 1. The van der Waals surface area contributed by atoms with Gasteiger partial charge in [0, 0.05) is 0 Å². The average molecular weight is 140 g/mol. The van der Waals surface area contributed by atoms with Crippen molar-refractivity contribution in [3.05, 3.63) is 0 Å². The Labute approximate surface area is 62.8 Å². The van der Waals surface area contributed by atoms with Crippen LogP contribution in [0.1, 0.15) is 44.9 Å². The van der Waals surface area contributed by atoms with Gasteiger partial charge in [-0.15, -0.1) is 0 Å². The lowest BCUT2D eigenvalue weighted by Gasteiger charge is -2.16. The van der Waals surface area contributed by atoms with Crippen molar-refractivity contribution in [1.82, 2.24) is 0 Å². The lowest BCUT2D eigenvalue weighted by atomic mass is 10.1. The van der Waals surface area contributed by atoms with Gasteiger partial charge in [-0.3, -0.25) is 0 Å². The maximum atomic E-state index is 5.80. The number of hydrogen-bond donors (Lipinski definition) is 0. The third kappa shape index (κ3) is 1.34. The van der Waals surface area contributed by atoms with Crippen LogP contribution in [0.4, 0.5) is 0 Å². The van der Waals surface area contributed by atoms with Crippen LogP contribution in [0.5, 0.6) is 0 Å². The molecule has 2 fully saturated rings. The van der Waals surface area contributed by atoms with Crippen LogP contribution in [0.25, 0.3) is 0 Å². The van der Waals surface area contributed by atoms with E-state index in [2.05, 4.69) is 0 Å². The molecule has 58 valence electrons. The molecule has 0 aliphatic carbocycles. The lowest BCUT2D eigenvalue weighted by Crippen LogP contribution is -2.13. The van der Waals surface area contributed by atoms with Crippen LogP contribution >= 0.6 is 0 Å². The van der Waals surface area contributed by atoms with Gasteiger partial charge in [-0.05, 0) is 25.7 Å². The largest absolute Gasteiger partial charge is 0.375 e. The quantitative estimate of drug-likeness (QED) is 0.502. The number of fused-ring (bicyclic) bond motifs is 2. The molecule has 0 radical (unpaired) electrons. The predicted molar refractivity (Wildman–Crippen MR) is 41.0 cm³/mol. The Balaban J connectivity index is 1.91. The smallest absolute Gasteiger partial charge is 0.0579 e. The summed E-state index contributed by atoms with van der Waals surface area (Å²) < 4.78 is 5.80. The van der Waals surface area contributed by atoms with Crippen LogP contribution in [-0.2, 0) is 4.74 Å². The van der Waals surface area contributed by atoms with Crippen LogP contribution < -0.4 is 0 Å². The Kier molecular flexibility index (Phi) is 1.94. The molecule has 2 aliphatic heterocycles. The fraction of sp³-hybridized carbons (Fsp3) is 1.00. The van der Waals surface area contributed by atoms with Crippen molar-refractivity contribution in [3.63, 3.8) is 0 Å². The van der Waals surface area contributed by atoms with Gasteiger partial charge in [0.2, 0.25) is 0 Å². The monoisotopic (exact) mass is 140 g/mol. The second-order valence-electron chi connectivity index (χ2n) is 3.60. The van der Waals surface area contributed by atoms with E-state index in [-0.39, 0.29) is 0 Å². The van der Waals surface area contributed by atoms with Crippen molar-refractivity contribution < 1.29 is 4.74 Å². The van der Waals surface area contributed by atoms with Crippen LogP contribution in [0.2, 0.25) is 0 Å². The van der Waals surface area contributed by atoms with E-state index in [1.165, 1.54) is 44.9 Å². The van der Waals surface area contributed by atoms with Crippen LogP contribution in [-0.4, -0.2) is 12.2 Å². The zero-order valence-corrected chi connectivity index (χ0v) is 6.51. The average Bonchev–Trinajstić information content (AvgIpc) is 2.30. The highest BCUT2D eigenvalue weighted by Gasteiger charge is 2.25. The Bertz CT molecular complexity index is 99.3. The van der Waals surface area contributed by atoms with E-state index < -0.39 is 0 Å². The van der Waals surface area contributed by atoms with Crippen molar-refractivity contribution in [1.29, 1.82) is 0 Å². The van der Waals surface area contributed by atoms with Gasteiger partial charge in [0.25, 0.3) is 0 Å². The van der Waals surface area contributed by atoms with Gasteiger partial charge in [0.1, 0.15) is 0 Å². The molecule has 0 N–H and O–H groups in total. The lowest BCUT2D eigenvalue weighted by molar-refractivity contribution is 0.0259. The van der Waals surface area contributed by atoms with Crippen molar-refractivity contribution in [2.45, 2.75) is 57.2 Å². The summed E-state index contributed by atoms with van der Waals surface area (Å²) in [6, 6.07) is 0. The van der Waals surface area contributed by atoms with Gasteiger partial charge < -0.3 is 4.74 Å². The summed E-state index contributed by atoms with van der Waals surface area (Å²) >= 11 is 0. The van der Waals surface area contributed by atoms with E-state index in [0.29, 0.717) is 12.2 Å². The molecule has 2 atom stereocenters. The highest BCUT2D eigenvalue weighted by Crippen LogP contribution is 2.29. The predicted octanol–water partition coefficient (Wildman–Crippen LogP) is 2.50. The third-order valence-electron chi connectivity index (χ3n) is 2.75. The highest BCUT2D eigenvalue weighted by atomic mass is 16.5. The van der Waals surface area contributed by atoms with Gasteiger partial charge in [-0.1, -0.05) is 19.3 Å². The molecule has 1 heteroatoms. The zero-order valence-electron chi connectivity index (χ0n) is 6.51. The zero-order chi connectivity index (χ0) is 6.81. The Hall–Kier alpha value is -0.0400. The third-order valence-corrected chi connectivity index (χ3v) is 2.75. The first kappa shape index (κ1) is 6.66. The summed E-state index contributed by atoms with van der Waals surface area (Å²) in [5.74, 6) is 0. The second kappa shape index (κ2) is 2.91. The maximum Gasteiger partial charge on any atom is 0.0579 e. The van der Waals surface area contributed by atoms with Crippen molar-refractivity contribution in [3.8, 4) is 0 Å². The molecule has 2 rings (SSSR count). The fourth-order valence-electron chi connectivity index (χ4n) is 2.13. The van der Waals surface area contributed by atoms with Crippen molar-refractivity contribution in [2.24, 2.45) is 0 Å². The van der Waals surface area contributed by atoms with Crippen LogP contribution in [0.15, 0.2) is 0 Å². The number of ether oxygens (including phenoxy) is 1. The first-order chi connectivity index (χ1) is 4.95. The summed E-state index contributed by atoms with van der Waals surface area (Å²) in [7, 11) is 0. The maximum absolute atomic E-state index is 5.80. The van der Waals surface area contributed by atoms with Gasteiger partial charge in [-0.25, -0.2) is 0 Å². The van der Waals surface area contributed by atoms with Gasteiger partial charge in [0.15, 0.2) is 0 Å². The topological polar surface area (TPSA) is 9.23 Å². The van der Waals surface area contributed by atoms with Gasteiger partial charge in [-0.2, -0.15) is 0 Å². The summed E-state index contributed by atoms with van der Waals surface area (Å²) in [6.45, 7) is 0. The minimum Gasteiger partial charge on any atom is -0.375 e. The molecule has 2 bridgehead atoms. The molecule has 0 spiro atoms. The molecule has 2 aliphatic rings. The molecule has 0 amide bonds. The molecule has 0 aromatic heterocycles. The molecule has 2 heterocycles. The minimum absolute atomic E-state index is 0.644. The summed E-state index contributed by atoms with van der Waals surface area (Å²) in [5, 5.41) is 0. The molecule has 2 saturated heterocycles. The Morgan fingerprint density at radius 1 is 0.700 bits per heavy atom. The van der Waals surface area contributed by atoms with E-state index in [1.807, 2.05) is 0 Å². The van der Waals surface area contributed by atoms with Gasteiger partial charge in [0.05, 0.1) is 12.2 Å². The Morgan fingerprint density at radius 3 is 1.90 bits per heavy atom. The van der Waals surface area contributed by atoms with E-state index >= 15 is 0 Å². The van der Waals surface area contributed by atoms with E-state index in [9.17, 15) is 0 Å². The molecule has 0 saturated carbocycles. The summed E-state index contributed by atoms with van der Waals surface area (Å²) in [6.07, 6.45) is 10.9. The Morgan fingerprint density at radius 2 is 1.30 bits per heavy atom. The minimum atomic E-state index is 0.644. The second-order valence-corrected chi connectivity index (χ2v) is 3.60. The fourth-order valence-corrected chi connectivity index (χ4v) is 2.13. The van der Waals surface area contributed by atoms with E-state index in [1.54, 1.807) is 0 Å². The molecule has 0 aromatic rings. The normalized spacial score (nSPS) is 40.8. The molecular weight excluding hydrogens is 124 g/mol. The molecule has 1 nitrogen and oxygen atoms in total. The first-order valence-corrected chi connectivity index (χ1v) is 4.60. The molecule has 2 unspecified atom stereocenters. The highest BCUT2D eigenvalue weighted by molar-refractivity contribution is 4.75.